The van der Waals surface area contributed by atoms with Crippen molar-refractivity contribution in [1.82, 2.24) is 10.6 Å². The summed E-state index contributed by atoms with van der Waals surface area (Å²) in [6.07, 6.45) is 1.63. The molecule has 2 aromatic rings. The minimum absolute atomic E-state index is 0.142. The number of carbonyl (C=O) groups is 2. The van der Waals surface area contributed by atoms with Crippen LogP contribution >= 0.6 is 27.5 Å². The SMILES string of the molecule is CC(C)(C)NC(=O)C(=Cc1cccc(Br)c1)NC(=O)c1ccccc1Cl. The molecular weight excluding hydrogens is 416 g/mol. The molecule has 26 heavy (non-hydrogen) atoms. The monoisotopic (exact) mass is 434 g/mol. The second-order valence-electron chi connectivity index (χ2n) is 6.75. The molecule has 2 amide bonds. The Morgan fingerprint density at radius 1 is 1.08 bits per heavy atom. The van der Waals surface area contributed by atoms with Crippen LogP contribution in [0.4, 0.5) is 0 Å². The summed E-state index contributed by atoms with van der Waals surface area (Å²) >= 11 is 9.48. The Hall–Kier alpha value is -2.11. The summed E-state index contributed by atoms with van der Waals surface area (Å²) in [6, 6.07) is 14.1. The fourth-order valence-electron chi connectivity index (χ4n) is 2.16. The molecule has 0 heterocycles. The zero-order valence-electron chi connectivity index (χ0n) is 14.8. The highest BCUT2D eigenvalue weighted by atomic mass is 79.9. The molecule has 0 aliphatic carbocycles. The number of halogens is 2. The molecule has 0 spiro atoms. The summed E-state index contributed by atoms with van der Waals surface area (Å²) in [5, 5.41) is 5.86. The van der Waals surface area contributed by atoms with Gasteiger partial charge in [-0.2, -0.15) is 0 Å². The Kier molecular flexibility index (Phi) is 6.62. The topological polar surface area (TPSA) is 58.2 Å². The predicted octanol–water partition coefficient (Wildman–Crippen LogP) is 4.79. The van der Waals surface area contributed by atoms with Gasteiger partial charge in [0.25, 0.3) is 11.8 Å². The van der Waals surface area contributed by atoms with E-state index in [9.17, 15) is 9.59 Å². The highest BCUT2D eigenvalue weighted by Gasteiger charge is 2.20. The molecule has 4 nitrogen and oxygen atoms in total. The summed E-state index contributed by atoms with van der Waals surface area (Å²) in [4.78, 5) is 25.2. The van der Waals surface area contributed by atoms with E-state index >= 15 is 0 Å². The number of carbonyl (C=O) groups excluding carboxylic acids is 2. The maximum atomic E-state index is 12.7. The molecule has 0 unspecified atom stereocenters. The predicted molar refractivity (Wildman–Crippen MR) is 109 cm³/mol. The van der Waals surface area contributed by atoms with Crippen molar-refractivity contribution < 1.29 is 9.59 Å². The maximum absolute atomic E-state index is 12.7. The molecule has 2 N–H and O–H groups in total. The van der Waals surface area contributed by atoms with Gasteiger partial charge in [-0.3, -0.25) is 9.59 Å². The maximum Gasteiger partial charge on any atom is 0.268 e. The second kappa shape index (κ2) is 8.52. The fourth-order valence-corrected chi connectivity index (χ4v) is 2.80. The van der Waals surface area contributed by atoms with E-state index in [2.05, 4.69) is 26.6 Å². The van der Waals surface area contributed by atoms with Crippen LogP contribution in [0.2, 0.25) is 5.02 Å². The number of hydrogen-bond donors (Lipinski definition) is 2. The molecular formula is C20H20BrClN2O2. The van der Waals surface area contributed by atoms with Gasteiger partial charge in [-0.25, -0.2) is 0 Å². The van der Waals surface area contributed by atoms with Gasteiger partial charge in [0.1, 0.15) is 5.70 Å². The molecule has 2 rings (SSSR count). The van der Waals surface area contributed by atoms with Crippen molar-refractivity contribution >= 4 is 45.4 Å². The Bertz CT molecular complexity index is 857. The van der Waals surface area contributed by atoms with Crippen LogP contribution in [0.15, 0.2) is 58.7 Å². The van der Waals surface area contributed by atoms with Crippen LogP contribution in [0, 0.1) is 0 Å². The van der Waals surface area contributed by atoms with E-state index in [1.54, 1.807) is 30.3 Å². The lowest BCUT2D eigenvalue weighted by atomic mass is 10.1. The van der Waals surface area contributed by atoms with Crippen LogP contribution in [-0.2, 0) is 4.79 Å². The second-order valence-corrected chi connectivity index (χ2v) is 8.07. The van der Waals surface area contributed by atoms with E-state index in [0.717, 1.165) is 10.0 Å². The third-order valence-corrected chi connectivity index (χ3v) is 4.08. The van der Waals surface area contributed by atoms with Crippen LogP contribution in [0.1, 0.15) is 36.7 Å². The minimum Gasteiger partial charge on any atom is -0.346 e. The molecule has 0 saturated heterocycles. The zero-order valence-corrected chi connectivity index (χ0v) is 17.1. The fraction of sp³-hybridized carbons (Fsp3) is 0.200. The highest BCUT2D eigenvalue weighted by Crippen LogP contribution is 2.17. The number of amides is 2. The van der Waals surface area contributed by atoms with Crippen LogP contribution in [0.25, 0.3) is 6.08 Å². The van der Waals surface area contributed by atoms with Crippen molar-refractivity contribution in [2.24, 2.45) is 0 Å². The summed E-state index contributed by atoms with van der Waals surface area (Å²) in [5.74, 6) is -0.821. The first-order chi connectivity index (χ1) is 12.2. The minimum atomic E-state index is -0.444. The van der Waals surface area contributed by atoms with Gasteiger partial charge in [0.15, 0.2) is 0 Å². The molecule has 0 aromatic heterocycles. The number of nitrogens with one attached hydrogen (secondary N) is 2. The van der Waals surface area contributed by atoms with Crippen LogP contribution in [0.5, 0.6) is 0 Å². The first-order valence-corrected chi connectivity index (χ1v) is 9.18. The van der Waals surface area contributed by atoms with Gasteiger partial charge < -0.3 is 10.6 Å². The zero-order chi connectivity index (χ0) is 19.3. The number of hydrogen-bond acceptors (Lipinski definition) is 2. The van der Waals surface area contributed by atoms with E-state index in [1.165, 1.54) is 0 Å². The lowest BCUT2D eigenvalue weighted by molar-refractivity contribution is -0.119. The number of rotatable bonds is 4. The van der Waals surface area contributed by atoms with Gasteiger partial charge in [-0.05, 0) is 56.7 Å². The van der Waals surface area contributed by atoms with E-state index < -0.39 is 11.4 Å². The molecule has 6 heteroatoms. The highest BCUT2D eigenvalue weighted by molar-refractivity contribution is 9.10. The molecule has 2 aromatic carbocycles. The van der Waals surface area contributed by atoms with Gasteiger partial charge in [-0.1, -0.05) is 51.8 Å². The summed E-state index contributed by atoms with van der Waals surface area (Å²) < 4.78 is 0.874. The lowest BCUT2D eigenvalue weighted by Crippen LogP contribution is -2.44. The van der Waals surface area contributed by atoms with Crippen molar-refractivity contribution in [2.75, 3.05) is 0 Å². The summed E-state index contributed by atoms with van der Waals surface area (Å²) in [7, 11) is 0. The van der Waals surface area contributed by atoms with Crippen molar-refractivity contribution in [1.29, 1.82) is 0 Å². The normalized spacial score (nSPS) is 11.8. The molecule has 136 valence electrons. The molecule has 0 bridgehead atoms. The van der Waals surface area contributed by atoms with E-state index in [-0.39, 0.29) is 11.6 Å². The van der Waals surface area contributed by atoms with E-state index in [4.69, 9.17) is 11.6 Å². The van der Waals surface area contributed by atoms with Crippen LogP contribution in [-0.4, -0.2) is 17.4 Å². The Morgan fingerprint density at radius 2 is 1.77 bits per heavy atom. The van der Waals surface area contributed by atoms with Gasteiger partial charge in [0.2, 0.25) is 0 Å². The Morgan fingerprint density at radius 3 is 2.38 bits per heavy atom. The average molecular weight is 436 g/mol. The van der Waals surface area contributed by atoms with Gasteiger partial charge in [0, 0.05) is 10.0 Å². The molecule has 0 fully saturated rings. The smallest absolute Gasteiger partial charge is 0.268 e. The van der Waals surface area contributed by atoms with Gasteiger partial charge in [-0.15, -0.1) is 0 Å². The largest absolute Gasteiger partial charge is 0.346 e. The molecule has 0 saturated carbocycles. The van der Waals surface area contributed by atoms with Crippen molar-refractivity contribution in [3.8, 4) is 0 Å². The van der Waals surface area contributed by atoms with Crippen molar-refractivity contribution in [3.05, 3.63) is 74.9 Å². The van der Waals surface area contributed by atoms with Gasteiger partial charge >= 0.3 is 0 Å². The third-order valence-electron chi connectivity index (χ3n) is 3.26. The molecule has 0 atom stereocenters. The standard InChI is InChI=1S/C20H20BrClN2O2/c1-20(2,3)24-19(26)17(12-13-7-6-8-14(21)11-13)23-18(25)15-9-4-5-10-16(15)22/h4-12H,1-3H3,(H,23,25)(H,24,26). The quantitative estimate of drug-likeness (QED) is 0.679. The van der Waals surface area contributed by atoms with E-state index in [1.807, 2.05) is 45.0 Å². The first kappa shape index (κ1) is 20.2. The Labute approximate surface area is 166 Å². The average Bonchev–Trinajstić information content (AvgIpc) is 2.53. The van der Waals surface area contributed by atoms with Crippen molar-refractivity contribution in [2.45, 2.75) is 26.3 Å². The van der Waals surface area contributed by atoms with Crippen LogP contribution < -0.4 is 10.6 Å². The van der Waals surface area contributed by atoms with Crippen LogP contribution in [0.3, 0.4) is 0 Å². The molecule has 0 aliphatic heterocycles. The van der Waals surface area contributed by atoms with Crippen molar-refractivity contribution in [3.63, 3.8) is 0 Å². The first-order valence-electron chi connectivity index (χ1n) is 8.01. The Balaban J connectivity index is 2.36. The molecule has 0 aliphatic rings. The van der Waals surface area contributed by atoms with E-state index in [0.29, 0.717) is 10.6 Å². The van der Waals surface area contributed by atoms with Gasteiger partial charge in [0.05, 0.1) is 10.6 Å². The number of benzene rings is 2. The summed E-state index contributed by atoms with van der Waals surface area (Å²) in [5.41, 5.74) is 0.779. The summed E-state index contributed by atoms with van der Waals surface area (Å²) in [6.45, 7) is 5.62. The molecule has 0 radical (unpaired) electrons. The third kappa shape index (κ3) is 6.00. The lowest BCUT2D eigenvalue weighted by Gasteiger charge is -2.22.